The predicted molar refractivity (Wildman–Crippen MR) is 89.0 cm³/mol. The maximum absolute atomic E-state index is 6.06. The van der Waals surface area contributed by atoms with E-state index >= 15 is 0 Å². The number of quaternary nitrogens is 1. The number of benzene rings is 2. The SMILES string of the molecule is C[C@@H]([NH2+]C[C@@H]1COc2ccccc2O1)[C@H]1COc2ccccc2O1. The van der Waals surface area contributed by atoms with Crippen LogP contribution in [0.1, 0.15) is 6.92 Å². The van der Waals surface area contributed by atoms with E-state index in [1.165, 1.54) is 0 Å². The molecule has 0 spiro atoms. The number of ether oxygens (including phenoxy) is 4. The molecule has 0 saturated heterocycles. The molecule has 3 atom stereocenters. The Balaban J connectivity index is 1.31. The van der Waals surface area contributed by atoms with Gasteiger partial charge in [-0.3, -0.25) is 0 Å². The van der Waals surface area contributed by atoms with Gasteiger partial charge in [-0.1, -0.05) is 24.3 Å². The summed E-state index contributed by atoms with van der Waals surface area (Å²) in [5.74, 6) is 3.28. The standard InChI is InChI=1S/C19H21NO4/c1-13(19-12-22-16-7-3-5-9-18(16)24-19)20-10-14-11-21-15-6-2-4-8-17(15)23-14/h2-9,13-14,19-20H,10-12H2,1H3/p+1/t13-,14-,19-/m1/s1. The summed E-state index contributed by atoms with van der Waals surface area (Å²) in [6.07, 6.45) is 0.0656. The highest BCUT2D eigenvalue weighted by atomic mass is 16.6. The molecule has 0 unspecified atom stereocenters. The first-order chi connectivity index (χ1) is 11.8. The molecular weight excluding hydrogens is 306 g/mol. The second-order valence-corrected chi connectivity index (χ2v) is 6.24. The van der Waals surface area contributed by atoms with Crippen LogP contribution in [0.5, 0.6) is 23.0 Å². The van der Waals surface area contributed by atoms with E-state index in [4.69, 9.17) is 18.9 Å². The average Bonchev–Trinajstić information content (AvgIpc) is 2.65. The van der Waals surface area contributed by atoms with Crippen LogP contribution in [0.15, 0.2) is 48.5 Å². The minimum atomic E-state index is 0.0247. The largest absolute Gasteiger partial charge is 0.486 e. The monoisotopic (exact) mass is 328 g/mol. The van der Waals surface area contributed by atoms with Crippen molar-refractivity contribution in [3.8, 4) is 23.0 Å². The first-order valence-electron chi connectivity index (χ1n) is 8.40. The second-order valence-electron chi connectivity index (χ2n) is 6.24. The third kappa shape index (κ3) is 3.12. The summed E-state index contributed by atoms with van der Waals surface area (Å²) in [6, 6.07) is 15.9. The van der Waals surface area contributed by atoms with Crippen molar-refractivity contribution in [2.75, 3.05) is 19.8 Å². The fourth-order valence-electron chi connectivity index (χ4n) is 2.99. The Morgan fingerprint density at radius 1 is 0.875 bits per heavy atom. The van der Waals surface area contributed by atoms with Gasteiger partial charge in [-0.05, 0) is 31.2 Å². The van der Waals surface area contributed by atoms with Crippen LogP contribution >= 0.6 is 0 Å². The van der Waals surface area contributed by atoms with Gasteiger partial charge in [0, 0.05) is 0 Å². The zero-order valence-corrected chi connectivity index (χ0v) is 13.7. The summed E-state index contributed by atoms with van der Waals surface area (Å²) in [7, 11) is 0. The molecule has 2 aliphatic rings. The van der Waals surface area contributed by atoms with Crippen LogP contribution in [0, 0.1) is 0 Å². The molecule has 5 heteroatoms. The van der Waals surface area contributed by atoms with E-state index in [-0.39, 0.29) is 18.2 Å². The van der Waals surface area contributed by atoms with E-state index in [1.54, 1.807) is 0 Å². The Morgan fingerprint density at radius 3 is 2.17 bits per heavy atom. The van der Waals surface area contributed by atoms with Crippen LogP contribution in [-0.4, -0.2) is 38.0 Å². The molecule has 0 aromatic heterocycles. The third-order valence-electron chi connectivity index (χ3n) is 4.46. The van der Waals surface area contributed by atoms with Crippen LogP contribution in [0.25, 0.3) is 0 Å². The summed E-state index contributed by atoms with van der Waals surface area (Å²) >= 11 is 0. The van der Waals surface area contributed by atoms with Crippen LogP contribution in [0.2, 0.25) is 0 Å². The number of hydrogen-bond donors (Lipinski definition) is 1. The molecule has 0 bridgehead atoms. The number of nitrogens with two attached hydrogens (primary N) is 1. The van der Waals surface area contributed by atoms with Gasteiger partial charge in [0.05, 0.1) is 0 Å². The Kier molecular flexibility index (Phi) is 4.17. The van der Waals surface area contributed by atoms with Crippen molar-refractivity contribution < 1.29 is 24.3 Å². The van der Waals surface area contributed by atoms with E-state index in [9.17, 15) is 0 Å². The van der Waals surface area contributed by atoms with Gasteiger partial charge in [-0.2, -0.15) is 0 Å². The predicted octanol–water partition coefficient (Wildman–Crippen LogP) is 1.62. The highest BCUT2D eigenvalue weighted by Gasteiger charge is 2.30. The quantitative estimate of drug-likeness (QED) is 0.927. The molecule has 2 aliphatic heterocycles. The van der Waals surface area contributed by atoms with Crippen LogP contribution in [0.4, 0.5) is 0 Å². The molecule has 4 rings (SSSR count). The Morgan fingerprint density at radius 2 is 1.46 bits per heavy atom. The molecule has 2 heterocycles. The second kappa shape index (κ2) is 6.61. The summed E-state index contributed by atoms with van der Waals surface area (Å²) in [6.45, 7) is 4.11. The average molecular weight is 328 g/mol. The fraction of sp³-hybridized carbons (Fsp3) is 0.368. The highest BCUT2D eigenvalue weighted by molar-refractivity contribution is 5.41. The molecule has 24 heavy (non-hydrogen) atoms. The van der Waals surface area contributed by atoms with Crippen molar-refractivity contribution >= 4 is 0 Å². The number of fused-ring (bicyclic) bond motifs is 2. The lowest BCUT2D eigenvalue weighted by molar-refractivity contribution is -0.697. The van der Waals surface area contributed by atoms with Gasteiger partial charge in [-0.25, -0.2) is 0 Å². The molecule has 0 saturated carbocycles. The van der Waals surface area contributed by atoms with E-state index < -0.39 is 0 Å². The lowest BCUT2D eigenvalue weighted by Crippen LogP contribution is -2.94. The van der Waals surface area contributed by atoms with Gasteiger partial charge in [0.15, 0.2) is 35.2 Å². The Bertz CT molecular complexity index is 705. The molecule has 0 radical (unpaired) electrons. The summed E-state index contributed by atoms with van der Waals surface area (Å²) in [5.41, 5.74) is 0. The van der Waals surface area contributed by atoms with Crippen LogP contribution < -0.4 is 24.3 Å². The third-order valence-corrected chi connectivity index (χ3v) is 4.46. The molecule has 0 aliphatic carbocycles. The topological polar surface area (TPSA) is 53.5 Å². The van der Waals surface area contributed by atoms with Crippen molar-refractivity contribution in [1.82, 2.24) is 0 Å². The van der Waals surface area contributed by atoms with E-state index in [0.717, 1.165) is 29.5 Å². The molecule has 0 fully saturated rings. The smallest absolute Gasteiger partial charge is 0.184 e. The Labute approximate surface area is 141 Å². The van der Waals surface area contributed by atoms with Crippen molar-refractivity contribution in [3.05, 3.63) is 48.5 Å². The maximum Gasteiger partial charge on any atom is 0.184 e. The maximum atomic E-state index is 6.06. The molecular formula is C19H22NO4+. The zero-order valence-electron chi connectivity index (χ0n) is 13.7. The lowest BCUT2D eigenvalue weighted by Gasteiger charge is -2.30. The molecule has 2 aromatic rings. The van der Waals surface area contributed by atoms with Gasteiger partial charge in [0.25, 0.3) is 0 Å². The first-order valence-corrected chi connectivity index (χ1v) is 8.40. The van der Waals surface area contributed by atoms with Gasteiger partial charge in [-0.15, -0.1) is 0 Å². The van der Waals surface area contributed by atoms with Gasteiger partial charge >= 0.3 is 0 Å². The van der Waals surface area contributed by atoms with Crippen molar-refractivity contribution in [3.63, 3.8) is 0 Å². The van der Waals surface area contributed by atoms with Crippen LogP contribution in [-0.2, 0) is 0 Å². The van der Waals surface area contributed by atoms with Crippen molar-refractivity contribution in [1.29, 1.82) is 0 Å². The minimum absolute atomic E-state index is 0.0247. The molecule has 0 amide bonds. The van der Waals surface area contributed by atoms with Crippen molar-refractivity contribution in [2.24, 2.45) is 0 Å². The van der Waals surface area contributed by atoms with E-state index in [1.807, 2.05) is 48.5 Å². The fourth-order valence-corrected chi connectivity index (χ4v) is 2.99. The molecule has 5 nitrogen and oxygen atoms in total. The first kappa shape index (κ1) is 15.1. The lowest BCUT2D eigenvalue weighted by atomic mass is 10.1. The normalized spacial score (nSPS) is 22.7. The number of rotatable bonds is 4. The van der Waals surface area contributed by atoms with Crippen LogP contribution in [0.3, 0.4) is 0 Å². The Hall–Kier alpha value is -2.40. The van der Waals surface area contributed by atoms with E-state index in [2.05, 4.69) is 12.2 Å². The highest BCUT2D eigenvalue weighted by Crippen LogP contribution is 2.32. The van der Waals surface area contributed by atoms with Gasteiger partial charge in [0.1, 0.15) is 25.8 Å². The molecule has 2 aromatic carbocycles. The zero-order chi connectivity index (χ0) is 16.4. The van der Waals surface area contributed by atoms with E-state index in [0.29, 0.717) is 13.2 Å². The number of para-hydroxylation sites is 4. The molecule has 2 N–H and O–H groups in total. The number of hydrogen-bond acceptors (Lipinski definition) is 4. The summed E-state index contributed by atoms with van der Waals surface area (Å²) in [4.78, 5) is 0. The summed E-state index contributed by atoms with van der Waals surface area (Å²) in [5, 5.41) is 2.24. The van der Waals surface area contributed by atoms with Gasteiger partial charge in [0.2, 0.25) is 0 Å². The summed E-state index contributed by atoms with van der Waals surface area (Å²) < 4.78 is 23.6. The molecule has 126 valence electrons. The van der Waals surface area contributed by atoms with Crippen molar-refractivity contribution in [2.45, 2.75) is 25.2 Å². The minimum Gasteiger partial charge on any atom is -0.486 e. The van der Waals surface area contributed by atoms with Gasteiger partial charge < -0.3 is 24.3 Å².